The summed E-state index contributed by atoms with van der Waals surface area (Å²) in [5.74, 6) is -0.831. The van der Waals surface area contributed by atoms with Crippen LogP contribution in [-0.2, 0) is 10.4 Å². The molecule has 0 fully saturated rings. The summed E-state index contributed by atoms with van der Waals surface area (Å²) in [6, 6.07) is 20.9. The van der Waals surface area contributed by atoms with Gasteiger partial charge in [-0.1, -0.05) is 89.9 Å². The molecule has 8 heteroatoms. The fraction of sp³-hybridized carbons (Fsp3) is 0.0476. The number of carbonyl (C=O) groups is 2. The van der Waals surface area contributed by atoms with Crippen molar-refractivity contribution in [3.63, 3.8) is 0 Å². The summed E-state index contributed by atoms with van der Waals surface area (Å²) in [7, 11) is 0. The first-order valence-electron chi connectivity index (χ1n) is 8.58. The number of benzene rings is 3. The Labute approximate surface area is 177 Å². The molecule has 3 aromatic carbocycles. The number of urea groups is 1. The van der Waals surface area contributed by atoms with Gasteiger partial charge in [-0.2, -0.15) is 0 Å². The lowest BCUT2D eigenvalue weighted by Gasteiger charge is -2.28. The molecule has 3 rings (SSSR count). The van der Waals surface area contributed by atoms with Crippen LogP contribution in [-0.4, -0.2) is 17.0 Å². The second-order valence-electron chi connectivity index (χ2n) is 6.08. The van der Waals surface area contributed by atoms with Crippen molar-refractivity contribution >= 4 is 40.8 Å². The fourth-order valence-electron chi connectivity index (χ4n) is 2.75. The van der Waals surface area contributed by atoms with E-state index in [1.165, 1.54) is 0 Å². The molecular formula is C21H17Cl2N3O3. The van der Waals surface area contributed by atoms with Gasteiger partial charge in [-0.25, -0.2) is 10.2 Å². The van der Waals surface area contributed by atoms with Crippen molar-refractivity contribution in [1.29, 1.82) is 0 Å². The van der Waals surface area contributed by atoms with Gasteiger partial charge in [0, 0.05) is 0 Å². The predicted octanol–water partition coefficient (Wildman–Crippen LogP) is 4.08. The van der Waals surface area contributed by atoms with Crippen molar-refractivity contribution in [2.75, 3.05) is 5.32 Å². The van der Waals surface area contributed by atoms with Gasteiger partial charge in [-0.3, -0.25) is 10.2 Å². The first kappa shape index (κ1) is 20.7. The topological polar surface area (TPSA) is 90.5 Å². The summed E-state index contributed by atoms with van der Waals surface area (Å²) in [5, 5.41) is 14.2. The average Bonchev–Trinajstić information content (AvgIpc) is 2.76. The van der Waals surface area contributed by atoms with Crippen LogP contribution in [0.4, 0.5) is 10.5 Å². The Kier molecular flexibility index (Phi) is 6.39. The number of carbonyl (C=O) groups excluding carboxylic acids is 2. The number of anilines is 1. The van der Waals surface area contributed by atoms with Crippen molar-refractivity contribution in [1.82, 2.24) is 10.9 Å². The Balaban J connectivity index is 1.77. The molecule has 0 heterocycles. The molecule has 0 bridgehead atoms. The number of hydrogen-bond donors (Lipinski definition) is 4. The van der Waals surface area contributed by atoms with Crippen LogP contribution in [0.3, 0.4) is 0 Å². The first-order chi connectivity index (χ1) is 13.9. The van der Waals surface area contributed by atoms with Crippen molar-refractivity contribution in [3.05, 3.63) is 100 Å². The molecule has 0 aliphatic rings. The van der Waals surface area contributed by atoms with E-state index < -0.39 is 17.5 Å². The lowest BCUT2D eigenvalue weighted by atomic mass is 9.85. The average molecular weight is 430 g/mol. The minimum absolute atomic E-state index is 0.167. The summed E-state index contributed by atoms with van der Waals surface area (Å²) < 4.78 is 0. The third-order valence-corrected chi connectivity index (χ3v) is 5.02. The quantitative estimate of drug-likeness (QED) is 0.470. The van der Waals surface area contributed by atoms with Gasteiger partial charge < -0.3 is 10.4 Å². The molecule has 0 atom stereocenters. The number of halogens is 2. The summed E-state index contributed by atoms with van der Waals surface area (Å²) in [5.41, 5.74) is 3.42. The Morgan fingerprint density at radius 1 is 0.759 bits per heavy atom. The van der Waals surface area contributed by atoms with Gasteiger partial charge in [0.2, 0.25) is 0 Å². The largest absolute Gasteiger partial charge is 0.372 e. The molecule has 29 heavy (non-hydrogen) atoms. The van der Waals surface area contributed by atoms with Crippen LogP contribution in [0.1, 0.15) is 11.1 Å². The van der Waals surface area contributed by atoms with Crippen LogP contribution >= 0.6 is 23.2 Å². The molecule has 148 valence electrons. The van der Waals surface area contributed by atoms with Gasteiger partial charge in [-0.05, 0) is 23.3 Å². The summed E-state index contributed by atoms with van der Waals surface area (Å²) in [6.45, 7) is 0. The maximum atomic E-state index is 12.9. The lowest BCUT2D eigenvalue weighted by Crippen LogP contribution is -2.53. The zero-order chi connectivity index (χ0) is 20.9. The van der Waals surface area contributed by atoms with E-state index >= 15 is 0 Å². The van der Waals surface area contributed by atoms with Crippen LogP contribution in [0.25, 0.3) is 0 Å². The molecule has 6 nitrogen and oxygen atoms in total. The molecule has 3 amide bonds. The molecule has 0 saturated carbocycles. The van der Waals surface area contributed by atoms with E-state index in [4.69, 9.17) is 23.2 Å². The smallest absolute Gasteiger partial charge is 0.337 e. The highest BCUT2D eigenvalue weighted by Crippen LogP contribution is 2.30. The molecule has 0 aliphatic carbocycles. The van der Waals surface area contributed by atoms with Crippen molar-refractivity contribution in [2.24, 2.45) is 0 Å². The van der Waals surface area contributed by atoms with E-state index in [0.29, 0.717) is 11.1 Å². The van der Waals surface area contributed by atoms with Crippen LogP contribution in [0.15, 0.2) is 78.9 Å². The molecule has 0 aromatic heterocycles. The first-order valence-corrected chi connectivity index (χ1v) is 9.33. The van der Waals surface area contributed by atoms with Crippen LogP contribution < -0.4 is 16.2 Å². The molecule has 0 aliphatic heterocycles. The normalized spacial score (nSPS) is 10.9. The number of hydrazine groups is 1. The predicted molar refractivity (Wildman–Crippen MR) is 113 cm³/mol. The SMILES string of the molecule is O=C(NNC(=O)C(O)(c1ccccc1)c1ccccc1)Nc1cccc(Cl)c1Cl. The third-order valence-electron chi connectivity index (χ3n) is 4.20. The summed E-state index contributed by atoms with van der Waals surface area (Å²) >= 11 is 11.9. The number of hydrogen-bond acceptors (Lipinski definition) is 3. The molecular weight excluding hydrogens is 413 g/mol. The maximum Gasteiger partial charge on any atom is 0.337 e. The number of amides is 3. The fourth-order valence-corrected chi connectivity index (χ4v) is 3.09. The van der Waals surface area contributed by atoms with Gasteiger partial charge in [0.1, 0.15) is 0 Å². The molecule has 0 unspecified atom stereocenters. The maximum absolute atomic E-state index is 12.9. The Bertz CT molecular complexity index is 975. The van der Waals surface area contributed by atoms with E-state index in [-0.39, 0.29) is 15.7 Å². The van der Waals surface area contributed by atoms with Crippen LogP contribution in [0.5, 0.6) is 0 Å². The highest BCUT2D eigenvalue weighted by molar-refractivity contribution is 6.43. The van der Waals surface area contributed by atoms with E-state index in [1.54, 1.807) is 78.9 Å². The van der Waals surface area contributed by atoms with E-state index in [9.17, 15) is 14.7 Å². The lowest BCUT2D eigenvalue weighted by molar-refractivity contribution is -0.137. The van der Waals surface area contributed by atoms with Crippen molar-refractivity contribution in [3.8, 4) is 0 Å². The number of nitrogens with one attached hydrogen (secondary N) is 3. The van der Waals surface area contributed by atoms with E-state index in [1.807, 2.05) is 0 Å². The Morgan fingerprint density at radius 2 is 1.31 bits per heavy atom. The molecule has 3 aromatic rings. The Hall–Kier alpha value is -3.06. The Morgan fingerprint density at radius 3 is 1.86 bits per heavy atom. The van der Waals surface area contributed by atoms with Crippen LogP contribution in [0, 0.1) is 0 Å². The summed E-state index contributed by atoms with van der Waals surface area (Å²) in [4.78, 5) is 25.1. The van der Waals surface area contributed by atoms with E-state index in [0.717, 1.165) is 0 Å². The summed E-state index contributed by atoms with van der Waals surface area (Å²) in [6.07, 6.45) is 0. The minimum Gasteiger partial charge on any atom is -0.372 e. The molecule has 0 saturated heterocycles. The van der Waals surface area contributed by atoms with Gasteiger partial charge in [0.05, 0.1) is 15.7 Å². The van der Waals surface area contributed by atoms with E-state index in [2.05, 4.69) is 16.2 Å². The number of rotatable bonds is 4. The minimum atomic E-state index is -2.01. The second kappa shape index (κ2) is 8.96. The van der Waals surface area contributed by atoms with Gasteiger partial charge >= 0.3 is 6.03 Å². The molecule has 4 N–H and O–H groups in total. The third kappa shape index (κ3) is 4.51. The van der Waals surface area contributed by atoms with Crippen molar-refractivity contribution < 1.29 is 14.7 Å². The molecule has 0 spiro atoms. The number of aliphatic hydroxyl groups is 1. The zero-order valence-electron chi connectivity index (χ0n) is 15.0. The van der Waals surface area contributed by atoms with Gasteiger partial charge in [0.25, 0.3) is 5.91 Å². The standard InChI is InChI=1S/C21H17Cl2N3O3/c22-16-12-7-13-17(18(16)23)24-20(28)26-25-19(27)21(29,14-8-3-1-4-9-14)15-10-5-2-6-11-15/h1-13,29H,(H,25,27)(H2,24,26,28). The highest BCUT2D eigenvalue weighted by Gasteiger charge is 2.40. The monoisotopic (exact) mass is 429 g/mol. The highest BCUT2D eigenvalue weighted by atomic mass is 35.5. The zero-order valence-corrected chi connectivity index (χ0v) is 16.5. The molecule has 0 radical (unpaired) electrons. The van der Waals surface area contributed by atoms with Gasteiger partial charge in [0.15, 0.2) is 5.60 Å². The second-order valence-corrected chi connectivity index (χ2v) is 6.86. The van der Waals surface area contributed by atoms with Crippen molar-refractivity contribution in [2.45, 2.75) is 5.60 Å². The van der Waals surface area contributed by atoms with Crippen LogP contribution in [0.2, 0.25) is 10.0 Å². The van der Waals surface area contributed by atoms with Gasteiger partial charge in [-0.15, -0.1) is 0 Å².